The van der Waals surface area contributed by atoms with Crippen molar-refractivity contribution in [2.45, 2.75) is 64.5 Å². The second-order valence-corrected chi connectivity index (χ2v) is 8.91. The average molecular weight is 377 g/mol. The van der Waals surface area contributed by atoms with E-state index in [0.717, 1.165) is 0 Å². The van der Waals surface area contributed by atoms with Gasteiger partial charge in [-0.1, -0.05) is 19.3 Å². The Balaban J connectivity index is 0.000000518. The van der Waals surface area contributed by atoms with Crippen LogP contribution in [0.1, 0.15) is 52.9 Å². The number of nitrogens with zero attached hydrogens (tertiary/aromatic N) is 1. The van der Waals surface area contributed by atoms with Crippen molar-refractivity contribution >= 4 is 30.9 Å². The lowest BCUT2D eigenvalue weighted by atomic mass is 9.97. The fraction of sp³-hybridized carbons (Fsp3) is 1.00. The molecule has 0 heterocycles. The van der Waals surface area contributed by atoms with E-state index in [4.69, 9.17) is 33.5 Å². The predicted octanol–water partition coefficient (Wildman–Crippen LogP) is 3.96. The van der Waals surface area contributed by atoms with Crippen LogP contribution in [0.25, 0.3) is 0 Å². The zero-order chi connectivity index (χ0) is 17.2. The molecule has 5 nitrogen and oxygen atoms in total. The maximum absolute atomic E-state index is 11.9. The lowest BCUT2D eigenvalue weighted by molar-refractivity contribution is 0.0884. The number of rotatable bonds is 6. The van der Waals surface area contributed by atoms with Crippen molar-refractivity contribution in [2.75, 3.05) is 24.8 Å². The van der Waals surface area contributed by atoms with Gasteiger partial charge in [-0.3, -0.25) is 4.52 Å². The van der Waals surface area contributed by atoms with Crippen LogP contribution in [0.2, 0.25) is 0 Å². The Labute approximate surface area is 145 Å². The molecule has 0 amide bonds. The number of halogens is 2. The Kier molecular flexibility index (Phi) is 11.6. The number of alkyl halides is 2. The molecule has 22 heavy (non-hydrogen) atoms. The molecule has 1 aliphatic rings. The average Bonchev–Trinajstić information content (AvgIpc) is 2.37. The molecule has 8 heteroatoms. The highest BCUT2D eigenvalue weighted by molar-refractivity contribution is 7.50. The number of hydrogen-bond donors (Lipinski definition) is 2. The minimum Gasteiger partial charge on any atom is -0.328 e. The molecule has 1 unspecified atom stereocenters. The summed E-state index contributed by atoms with van der Waals surface area (Å²) >= 11 is 11.1. The molecule has 0 aliphatic heterocycles. The molecule has 1 aliphatic carbocycles. The molecule has 1 atom stereocenters. The van der Waals surface area contributed by atoms with Gasteiger partial charge < -0.3 is 10.6 Å². The van der Waals surface area contributed by atoms with Gasteiger partial charge in [0.25, 0.3) is 0 Å². The molecular weight excluding hydrogens is 346 g/mol. The summed E-state index contributed by atoms with van der Waals surface area (Å²) in [5.74, 6) is 0.518. The first kappa shape index (κ1) is 22.6. The van der Waals surface area contributed by atoms with Gasteiger partial charge in [0, 0.05) is 30.9 Å². The standard InChI is InChI=1S/C8H18Cl2NO3P.C6H13N/c1-8(2,3)14-15(12,13)11(6-4-9)7-5-10;7-6-4-2-1-3-5-6/h4-7H2,1-3H3,(H,12,13);6H,1-5,7H2. The lowest BCUT2D eigenvalue weighted by Crippen LogP contribution is -2.30. The molecule has 0 aromatic heterocycles. The van der Waals surface area contributed by atoms with Gasteiger partial charge in [0.05, 0.1) is 5.60 Å². The Morgan fingerprint density at radius 2 is 1.64 bits per heavy atom. The van der Waals surface area contributed by atoms with Crippen LogP contribution in [0.5, 0.6) is 0 Å². The summed E-state index contributed by atoms with van der Waals surface area (Å²) < 4.78 is 18.2. The fourth-order valence-corrected chi connectivity index (χ4v) is 4.29. The first-order valence-electron chi connectivity index (χ1n) is 7.79. The maximum atomic E-state index is 11.9. The third kappa shape index (κ3) is 11.2. The lowest BCUT2D eigenvalue weighted by Gasteiger charge is -2.30. The van der Waals surface area contributed by atoms with Crippen LogP contribution < -0.4 is 5.73 Å². The van der Waals surface area contributed by atoms with Crippen LogP contribution in [0.15, 0.2) is 0 Å². The van der Waals surface area contributed by atoms with E-state index in [1.807, 2.05) is 0 Å². The molecule has 0 bridgehead atoms. The minimum atomic E-state index is -3.79. The molecule has 3 N–H and O–H groups in total. The molecular formula is C14H31Cl2N2O3P. The monoisotopic (exact) mass is 376 g/mol. The molecule has 134 valence electrons. The first-order chi connectivity index (χ1) is 10.1. The third-order valence-corrected chi connectivity index (χ3v) is 5.32. The Bertz CT molecular complexity index is 329. The smallest absolute Gasteiger partial charge is 0.328 e. The van der Waals surface area contributed by atoms with E-state index < -0.39 is 13.3 Å². The quantitative estimate of drug-likeness (QED) is 0.541. The van der Waals surface area contributed by atoms with Crippen molar-refractivity contribution in [3.05, 3.63) is 0 Å². The van der Waals surface area contributed by atoms with Crippen molar-refractivity contribution in [1.29, 1.82) is 0 Å². The van der Waals surface area contributed by atoms with Gasteiger partial charge in [0.15, 0.2) is 0 Å². The predicted molar refractivity (Wildman–Crippen MR) is 94.7 cm³/mol. The molecule has 1 saturated carbocycles. The minimum absolute atomic E-state index is 0.259. The van der Waals surface area contributed by atoms with Crippen LogP contribution in [-0.2, 0) is 9.09 Å². The van der Waals surface area contributed by atoms with Crippen molar-refractivity contribution in [3.63, 3.8) is 0 Å². The normalized spacial score (nSPS) is 19.5. The van der Waals surface area contributed by atoms with Crippen molar-refractivity contribution in [2.24, 2.45) is 5.73 Å². The largest absolute Gasteiger partial charge is 0.406 e. The van der Waals surface area contributed by atoms with E-state index in [9.17, 15) is 9.46 Å². The molecule has 0 aromatic carbocycles. The SMILES string of the molecule is CC(C)(C)OP(=O)(O)N(CCCl)CCCl.NC1CCCCC1. The van der Waals surface area contributed by atoms with Crippen molar-refractivity contribution in [1.82, 2.24) is 4.67 Å². The van der Waals surface area contributed by atoms with E-state index in [0.29, 0.717) is 6.04 Å². The summed E-state index contributed by atoms with van der Waals surface area (Å²) in [6.45, 7) is 5.70. The van der Waals surface area contributed by atoms with Gasteiger partial charge in [-0.2, -0.15) is 0 Å². The highest BCUT2D eigenvalue weighted by Gasteiger charge is 2.33. The maximum Gasteiger partial charge on any atom is 0.406 e. The van der Waals surface area contributed by atoms with Gasteiger partial charge in [-0.05, 0) is 33.6 Å². The molecule has 0 radical (unpaired) electrons. The summed E-state index contributed by atoms with van der Waals surface area (Å²) in [7, 11) is -3.79. The third-order valence-electron chi connectivity index (χ3n) is 3.09. The van der Waals surface area contributed by atoms with Crippen LogP contribution >= 0.6 is 30.9 Å². The van der Waals surface area contributed by atoms with Gasteiger partial charge in [-0.15, -0.1) is 23.2 Å². The first-order valence-corrected chi connectivity index (χ1v) is 10.4. The van der Waals surface area contributed by atoms with Crippen LogP contribution in [0.4, 0.5) is 0 Å². The van der Waals surface area contributed by atoms with E-state index >= 15 is 0 Å². The second kappa shape index (κ2) is 11.2. The van der Waals surface area contributed by atoms with E-state index in [1.165, 1.54) is 36.8 Å². The summed E-state index contributed by atoms with van der Waals surface area (Å²) in [5.41, 5.74) is 4.96. The molecule has 0 aromatic rings. The van der Waals surface area contributed by atoms with Gasteiger partial charge in [-0.25, -0.2) is 9.24 Å². The Morgan fingerprint density at radius 3 is 1.91 bits per heavy atom. The van der Waals surface area contributed by atoms with Crippen LogP contribution in [0.3, 0.4) is 0 Å². The van der Waals surface area contributed by atoms with Crippen molar-refractivity contribution in [3.8, 4) is 0 Å². The molecule has 0 spiro atoms. The van der Waals surface area contributed by atoms with E-state index in [2.05, 4.69) is 0 Å². The Hall–Kier alpha value is 0.650. The van der Waals surface area contributed by atoms with E-state index in [1.54, 1.807) is 20.8 Å². The zero-order valence-corrected chi connectivity index (χ0v) is 16.3. The summed E-state index contributed by atoms with van der Waals surface area (Å²) in [4.78, 5) is 9.71. The topological polar surface area (TPSA) is 75.8 Å². The second-order valence-electron chi connectivity index (χ2n) is 6.42. The van der Waals surface area contributed by atoms with Crippen molar-refractivity contribution < 1.29 is 14.0 Å². The number of hydrogen-bond acceptors (Lipinski definition) is 3. The highest BCUT2D eigenvalue weighted by Crippen LogP contribution is 2.49. The fourth-order valence-electron chi connectivity index (χ4n) is 2.11. The summed E-state index contributed by atoms with van der Waals surface area (Å²) in [6, 6.07) is 0.536. The van der Waals surface area contributed by atoms with Gasteiger partial charge >= 0.3 is 7.75 Å². The molecule has 0 saturated heterocycles. The highest BCUT2D eigenvalue weighted by atomic mass is 35.5. The zero-order valence-electron chi connectivity index (χ0n) is 13.9. The Morgan fingerprint density at radius 1 is 1.18 bits per heavy atom. The van der Waals surface area contributed by atoms with E-state index in [-0.39, 0.29) is 24.8 Å². The van der Waals surface area contributed by atoms with Gasteiger partial charge in [0.1, 0.15) is 0 Å². The summed E-state index contributed by atoms with van der Waals surface area (Å²) in [6.07, 6.45) is 6.66. The van der Waals surface area contributed by atoms with Crippen LogP contribution in [0, 0.1) is 0 Å². The number of nitrogens with two attached hydrogens (primary N) is 1. The van der Waals surface area contributed by atoms with Gasteiger partial charge in [0.2, 0.25) is 0 Å². The van der Waals surface area contributed by atoms with Crippen LogP contribution in [-0.4, -0.2) is 46.1 Å². The summed E-state index contributed by atoms with van der Waals surface area (Å²) in [5, 5.41) is 0. The molecule has 1 rings (SSSR count). The molecule has 1 fully saturated rings.